The average molecular weight is 334 g/mol. The molecule has 2 atom stereocenters. The normalized spacial score (nSPS) is 18.2. The zero-order valence-corrected chi connectivity index (χ0v) is 14.8. The first kappa shape index (κ1) is 18.9. The molecular formula is C20H30O4. The number of carbonyl (C=O) groups is 1. The minimum atomic E-state index is -0.816. The van der Waals surface area contributed by atoms with Crippen LogP contribution in [-0.2, 0) is 4.74 Å². The number of benzene rings is 1. The molecule has 0 saturated heterocycles. The van der Waals surface area contributed by atoms with Gasteiger partial charge >= 0.3 is 5.97 Å². The highest BCUT2D eigenvalue weighted by Crippen LogP contribution is 2.40. The fourth-order valence-electron chi connectivity index (χ4n) is 2.88. The SMILES string of the molecule is CC(C)CCCC[C@H](OC(=O)c1ccccc1)[C@@H](O)CC1(O)CC1. The van der Waals surface area contributed by atoms with Crippen molar-refractivity contribution in [2.45, 2.75) is 76.6 Å². The first-order valence-electron chi connectivity index (χ1n) is 9.06. The molecule has 0 heterocycles. The quantitative estimate of drug-likeness (QED) is 0.506. The zero-order valence-electron chi connectivity index (χ0n) is 14.8. The highest BCUT2D eigenvalue weighted by Gasteiger charge is 2.43. The Morgan fingerprint density at radius 2 is 1.79 bits per heavy atom. The van der Waals surface area contributed by atoms with Crippen molar-refractivity contribution in [3.8, 4) is 0 Å². The van der Waals surface area contributed by atoms with Gasteiger partial charge in [0.2, 0.25) is 0 Å². The molecule has 0 unspecified atom stereocenters. The van der Waals surface area contributed by atoms with Gasteiger partial charge in [0.15, 0.2) is 0 Å². The highest BCUT2D eigenvalue weighted by molar-refractivity contribution is 5.89. The second-order valence-corrected chi connectivity index (χ2v) is 7.48. The van der Waals surface area contributed by atoms with Crippen LogP contribution in [0.15, 0.2) is 30.3 Å². The molecule has 1 aromatic carbocycles. The second kappa shape index (κ2) is 8.63. The molecule has 1 aliphatic carbocycles. The first-order chi connectivity index (χ1) is 11.4. The van der Waals surface area contributed by atoms with Gasteiger partial charge in [-0.15, -0.1) is 0 Å². The molecule has 2 N–H and O–H groups in total. The number of aliphatic hydroxyl groups excluding tert-OH is 1. The van der Waals surface area contributed by atoms with Gasteiger partial charge in [-0.05, 0) is 43.7 Å². The zero-order chi connectivity index (χ0) is 17.6. The van der Waals surface area contributed by atoms with Crippen LogP contribution < -0.4 is 0 Å². The van der Waals surface area contributed by atoms with Crippen LogP contribution >= 0.6 is 0 Å². The number of aliphatic hydroxyl groups is 2. The van der Waals surface area contributed by atoms with Gasteiger partial charge in [-0.1, -0.05) is 44.9 Å². The Morgan fingerprint density at radius 1 is 1.17 bits per heavy atom. The molecule has 1 fully saturated rings. The van der Waals surface area contributed by atoms with Crippen molar-refractivity contribution in [3.05, 3.63) is 35.9 Å². The molecular weight excluding hydrogens is 304 g/mol. The number of ether oxygens (including phenoxy) is 1. The Bertz CT molecular complexity index is 508. The first-order valence-corrected chi connectivity index (χ1v) is 9.06. The lowest BCUT2D eigenvalue weighted by atomic mass is 9.98. The summed E-state index contributed by atoms with van der Waals surface area (Å²) in [4.78, 5) is 12.3. The van der Waals surface area contributed by atoms with E-state index >= 15 is 0 Å². The van der Waals surface area contributed by atoms with Gasteiger partial charge in [-0.25, -0.2) is 4.79 Å². The number of hydrogen-bond donors (Lipinski definition) is 2. The maximum atomic E-state index is 12.3. The van der Waals surface area contributed by atoms with Crippen LogP contribution in [-0.4, -0.2) is 34.0 Å². The molecule has 0 amide bonds. The fourth-order valence-corrected chi connectivity index (χ4v) is 2.88. The summed E-state index contributed by atoms with van der Waals surface area (Å²) in [5.41, 5.74) is -0.267. The predicted molar refractivity (Wildman–Crippen MR) is 93.8 cm³/mol. The van der Waals surface area contributed by atoms with Gasteiger partial charge in [0.05, 0.1) is 17.3 Å². The summed E-state index contributed by atoms with van der Waals surface area (Å²) in [6, 6.07) is 8.84. The smallest absolute Gasteiger partial charge is 0.338 e. The summed E-state index contributed by atoms with van der Waals surface area (Å²) in [5.74, 6) is 0.235. The summed E-state index contributed by atoms with van der Waals surface area (Å²) in [5, 5.41) is 20.5. The molecule has 2 rings (SSSR count). The Morgan fingerprint density at radius 3 is 2.38 bits per heavy atom. The molecule has 4 heteroatoms. The molecule has 0 bridgehead atoms. The van der Waals surface area contributed by atoms with Crippen molar-refractivity contribution >= 4 is 5.97 Å². The van der Waals surface area contributed by atoms with Gasteiger partial charge in [-0.3, -0.25) is 0 Å². The van der Waals surface area contributed by atoms with Crippen LogP contribution in [0.2, 0.25) is 0 Å². The van der Waals surface area contributed by atoms with Crippen molar-refractivity contribution < 1.29 is 19.7 Å². The van der Waals surface area contributed by atoms with E-state index in [0.717, 1.165) is 32.1 Å². The van der Waals surface area contributed by atoms with Crippen molar-refractivity contribution in [1.29, 1.82) is 0 Å². The van der Waals surface area contributed by atoms with E-state index in [1.807, 2.05) is 6.07 Å². The third-order valence-corrected chi connectivity index (χ3v) is 4.63. The van der Waals surface area contributed by atoms with Crippen LogP contribution in [0.4, 0.5) is 0 Å². The molecule has 4 nitrogen and oxygen atoms in total. The number of unbranched alkanes of at least 4 members (excludes halogenated alkanes) is 1. The minimum absolute atomic E-state index is 0.282. The standard InChI is InChI=1S/C20H30O4/c1-15(2)8-6-7-11-18(17(21)14-20(23)12-13-20)24-19(22)16-9-4-3-5-10-16/h3-5,9-10,15,17-18,21,23H,6-8,11-14H2,1-2H3/t17-,18-/m0/s1. The predicted octanol–water partition coefficient (Wildman–Crippen LogP) is 3.70. The van der Waals surface area contributed by atoms with Gasteiger partial charge < -0.3 is 14.9 Å². The summed E-state index contributed by atoms with van der Waals surface area (Å²) in [6.07, 6.45) is 4.05. The molecule has 0 radical (unpaired) electrons. The number of hydrogen-bond acceptors (Lipinski definition) is 4. The molecule has 24 heavy (non-hydrogen) atoms. The van der Waals surface area contributed by atoms with E-state index in [2.05, 4.69) is 13.8 Å². The summed E-state index contributed by atoms with van der Waals surface area (Å²) < 4.78 is 5.58. The molecule has 1 saturated carbocycles. The Balaban J connectivity index is 1.91. The Hall–Kier alpha value is -1.39. The van der Waals surface area contributed by atoms with E-state index in [1.54, 1.807) is 24.3 Å². The minimum Gasteiger partial charge on any atom is -0.456 e. The lowest BCUT2D eigenvalue weighted by Crippen LogP contribution is -2.35. The average Bonchev–Trinajstić information content (AvgIpc) is 3.27. The van der Waals surface area contributed by atoms with E-state index in [-0.39, 0.29) is 6.42 Å². The molecule has 1 aromatic rings. The van der Waals surface area contributed by atoms with Crippen molar-refractivity contribution in [2.75, 3.05) is 0 Å². The van der Waals surface area contributed by atoms with Crippen LogP contribution in [0.25, 0.3) is 0 Å². The van der Waals surface area contributed by atoms with E-state index in [0.29, 0.717) is 17.9 Å². The maximum absolute atomic E-state index is 12.3. The number of carbonyl (C=O) groups excluding carboxylic acids is 1. The van der Waals surface area contributed by atoms with Gasteiger partial charge in [-0.2, -0.15) is 0 Å². The third-order valence-electron chi connectivity index (χ3n) is 4.63. The van der Waals surface area contributed by atoms with E-state index in [1.165, 1.54) is 0 Å². The van der Waals surface area contributed by atoms with E-state index in [4.69, 9.17) is 4.74 Å². The lowest BCUT2D eigenvalue weighted by Gasteiger charge is -2.25. The summed E-state index contributed by atoms with van der Waals surface area (Å²) in [6.45, 7) is 4.37. The van der Waals surface area contributed by atoms with Gasteiger partial charge in [0.25, 0.3) is 0 Å². The molecule has 0 aliphatic heterocycles. The number of rotatable bonds is 10. The van der Waals surface area contributed by atoms with Crippen LogP contribution in [0.3, 0.4) is 0 Å². The van der Waals surface area contributed by atoms with Crippen molar-refractivity contribution in [2.24, 2.45) is 5.92 Å². The van der Waals surface area contributed by atoms with Crippen LogP contribution in [0.5, 0.6) is 0 Å². The Kier molecular flexibility index (Phi) is 6.81. The number of esters is 1. The lowest BCUT2D eigenvalue weighted by molar-refractivity contribution is -0.0430. The van der Waals surface area contributed by atoms with Gasteiger partial charge in [0.1, 0.15) is 6.10 Å². The van der Waals surface area contributed by atoms with Crippen molar-refractivity contribution in [1.82, 2.24) is 0 Å². The third kappa shape index (κ3) is 6.25. The summed E-state index contributed by atoms with van der Waals surface area (Å²) in [7, 11) is 0. The van der Waals surface area contributed by atoms with Crippen LogP contribution in [0.1, 0.15) is 69.2 Å². The molecule has 0 aromatic heterocycles. The molecule has 0 spiro atoms. The monoisotopic (exact) mass is 334 g/mol. The summed E-state index contributed by atoms with van der Waals surface area (Å²) >= 11 is 0. The Labute approximate surface area is 144 Å². The second-order valence-electron chi connectivity index (χ2n) is 7.48. The molecule has 134 valence electrons. The van der Waals surface area contributed by atoms with Gasteiger partial charge in [0, 0.05) is 6.42 Å². The van der Waals surface area contributed by atoms with Crippen molar-refractivity contribution in [3.63, 3.8) is 0 Å². The fraction of sp³-hybridized carbons (Fsp3) is 0.650. The highest BCUT2D eigenvalue weighted by atomic mass is 16.6. The molecule has 1 aliphatic rings. The van der Waals surface area contributed by atoms with E-state index < -0.39 is 23.8 Å². The topological polar surface area (TPSA) is 66.8 Å². The van der Waals surface area contributed by atoms with E-state index in [9.17, 15) is 15.0 Å². The largest absolute Gasteiger partial charge is 0.456 e. The van der Waals surface area contributed by atoms with Crippen LogP contribution in [0, 0.1) is 5.92 Å². The maximum Gasteiger partial charge on any atom is 0.338 e.